The molecule has 0 fully saturated rings. The summed E-state index contributed by atoms with van der Waals surface area (Å²) in [4.78, 5) is 1.13. The molecule has 0 aliphatic heterocycles. The number of rotatable bonds is 2. The van der Waals surface area contributed by atoms with E-state index in [4.69, 9.17) is 0 Å². The first-order valence-corrected chi connectivity index (χ1v) is 5.47. The largest absolute Gasteiger partial charge is 0.507 e. The van der Waals surface area contributed by atoms with E-state index in [2.05, 4.69) is 0 Å². The average Bonchev–Trinajstić information content (AvgIpc) is 2.28. The Bertz CT molecular complexity index is 511. The van der Waals surface area contributed by atoms with E-state index in [9.17, 15) is 15.3 Å². The van der Waals surface area contributed by atoms with Crippen molar-refractivity contribution in [3.05, 3.63) is 42.5 Å². The van der Waals surface area contributed by atoms with Crippen molar-refractivity contribution < 1.29 is 15.3 Å². The maximum atomic E-state index is 9.60. The van der Waals surface area contributed by atoms with Crippen LogP contribution in [0.25, 0.3) is 0 Å². The Morgan fingerprint density at radius 1 is 0.688 bits per heavy atom. The Labute approximate surface area is 97.0 Å². The summed E-state index contributed by atoms with van der Waals surface area (Å²) in [5.74, 6) is -0.189. The van der Waals surface area contributed by atoms with Gasteiger partial charge in [0.2, 0.25) is 0 Å². The highest BCUT2D eigenvalue weighted by Crippen LogP contribution is 2.41. The molecule has 0 saturated heterocycles. The summed E-state index contributed by atoms with van der Waals surface area (Å²) in [7, 11) is 0. The van der Waals surface area contributed by atoms with Crippen LogP contribution in [0.15, 0.2) is 52.3 Å². The fraction of sp³-hybridized carbons (Fsp3) is 0. The monoisotopic (exact) mass is 234 g/mol. The molecule has 0 aliphatic carbocycles. The molecule has 2 aromatic carbocycles. The Hall–Kier alpha value is -1.81. The molecule has 2 aromatic rings. The number of benzene rings is 2. The lowest BCUT2D eigenvalue weighted by Gasteiger charge is -2.06. The van der Waals surface area contributed by atoms with Crippen molar-refractivity contribution in [3.63, 3.8) is 0 Å². The Kier molecular flexibility index (Phi) is 2.92. The zero-order valence-corrected chi connectivity index (χ0v) is 9.11. The molecule has 3 N–H and O–H groups in total. The van der Waals surface area contributed by atoms with E-state index < -0.39 is 0 Å². The summed E-state index contributed by atoms with van der Waals surface area (Å²) in [6.07, 6.45) is 0. The molecule has 0 bridgehead atoms. The predicted octanol–water partition coefficient (Wildman–Crippen LogP) is 2.95. The molecule has 0 aliphatic rings. The molecule has 0 aromatic heterocycles. The van der Waals surface area contributed by atoms with Gasteiger partial charge in [0.25, 0.3) is 0 Å². The van der Waals surface area contributed by atoms with Gasteiger partial charge < -0.3 is 15.3 Å². The molecule has 4 heteroatoms. The van der Waals surface area contributed by atoms with Crippen molar-refractivity contribution in [1.29, 1.82) is 0 Å². The van der Waals surface area contributed by atoms with Crippen molar-refractivity contribution >= 4 is 11.8 Å². The summed E-state index contributed by atoms with van der Waals surface area (Å²) in [5, 5.41) is 28.5. The first-order chi connectivity index (χ1) is 7.68. The van der Waals surface area contributed by atoms with Crippen LogP contribution in [0.3, 0.4) is 0 Å². The Balaban J connectivity index is 2.35. The number of para-hydroxylation sites is 2. The second-order valence-corrected chi connectivity index (χ2v) is 4.28. The minimum atomic E-state index is -0.171. The highest BCUT2D eigenvalue weighted by Gasteiger charge is 2.09. The molecule has 0 heterocycles. The highest BCUT2D eigenvalue weighted by atomic mass is 32.2. The van der Waals surface area contributed by atoms with Gasteiger partial charge in [0, 0.05) is 0 Å². The first kappa shape index (κ1) is 10.7. The lowest BCUT2D eigenvalue weighted by atomic mass is 10.3. The van der Waals surface area contributed by atoms with Crippen molar-refractivity contribution in [2.45, 2.75) is 9.79 Å². The standard InChI is InChI=1S/C12H10O3S/c13-8-4-1-2-6-10(8)16-11-7-3-5-9(14)12(11)15/h1-7,13-15H. The Morgan fingerprint density at radius 3 is 2.06 bits per heavy atom. The van der Waals surface area contributed by atoms with Gasteiger partial charge in [-0.2, -0.15) is 0 Å². The summed E-state index contributed by atoms with van der Waals surface area (Å²) >= 11 is 1.19. The van der Waals surface area contributed by atoms with E-state index >= 15 is 0 Å². The van der Waals surface area contributed by atoms with Crippen LogP contribution in [0.2, 0.25) is 0 Å². The maximum Gasteiger partial charge on any atom is 0.171 e. The molecule has 2 rings (SSSR count). The van der Waals surface area contributed by atoms with Crippen LogP contribution in [0.4, 0.5) is 0 Å². The zero-order chi connectivity index (χ0) is 11.5. The maximum absolute atomic E-state index is 9.60. The van der Waals surface area contributed by atoms with Crippen LogP contribution in [0.1, 0.15) is 0 Å². The fourth-order valence-corrected chi connectivity index (χ4v) is 2.16. The molecular formula is C12H10O3S. The van der Waals surface area contributed by atoms with Gasteiger partial charge >= 0.3 is 0 Å². The van der Waals surface area contributed by atoms with E-state index in [1.165, 1.54) is 17.8 Å². The number of phenols is 3. The van der Waals surface area contributed by atoms with Crippen LogP contribution in [0, 0.1) is 0 Å². The summed E-state index contributed by atoms with van der Waals surface area (Å²) in [5.41, 5.74) is 0. The zero-order valence-electron chi connectivity index (χ0n) is 8.29. The summed E-state index contributed by atoms with van der Waals surface area (Å²) in [6, 6.07) is 11.5. The molecule has 0 atom stereocenters. The van der Waals surface area contributed by atoms with Crippen LogP contribution in [-0.4, -0.2) is 15.3 Å². The molecular weight excluding hydrogens is 224 g/mol. The Morgan fingerprint density at radius 2 is 1.31 bits per heavy atom. The normalized spacial score (nSPS) is 10.2. The molecule has 0 spiro atoms. The van der Waals surface area contributed by atoms with Crippen LogP contribution in [0.5, 0.6) is 17.2 Å². The van der Waals surface area contributed by atoms with Gasteiger partial charge in [-0.15, -0.1) is 0 Å². The second kappa shape index (κ2) is 4.37. The number of phenolic OH excluding ortho intramolecular Hbond substituents is 3. The van der Waals surface area contributed by atoms with Gasteiger partial charge in [-0.05, 0) is 24.3 Å². The summed E-state index contributed by atoms with van der Waals surface area (Å²) < 4.78 is 0. The summed E-state index contributed by atoms with van der Waals surface area (Å²) in [6.45, 7) is 0. The van der Waals surface area contributed by atoms with E-state index in [0.29, 0.717) is 9.79 Å². The minimum absolute atomic E-state index is 0.148. The topological polar surface area (TPSA) is 60.7 Å². The molecule has 0 amide bonds. The van der Waals surface area contributed by atoms with E-state index in [1.807, 2.05) is 0 Å². The van der Waals surface area contributed by atoms with Gasteiger partial charge in [-0.25, -0.2) is 0 Å². The number of hydrogen-bond acceptors (Lipinski definition) is 4. The molecule has 3 nitrogen and oxygen atoms in total. The third-order valence-corrected chi connectivity index (χ3v) is 3.18. The average molecular weight is 234 g/mol. The number of hydrogen-bond donors (Lipinski definition) is 3. The van der Waals surface area contributed by atoms with Gasteiger partial charge in [0.05, 0.1) is 9.79 Å². The van der Waals surface area contributed by atoms with Crippen LogP contribution < -0.4 is 0 Å². The minimum Gasteiger partial charge on any atom is -0.507 e. The SMILES string of the molecule is Oc1ccccc1Sc1cccc(O)c1O. The van der Waals surface area contributed by atoms with Crippen LogP contribution >= 0.6 is 11.8 Å². The van der Waals surface area contributed by atoms with Crippen molar-refractivity contribution in [1.82, 2.24) is 0 Å². The van der Waals surface area contributed by atoms with Gasteiger partial charge in [0.1, 0.15) is 5.75 Å². The predicted molar refractivity (Wildman–Crippen MR) is 62.0 cm³/mol. The lowest BCUT2D eigenvalue weighted by molar-refractivity contribution is 0.395. The highest BCUT2D eigenvalue weighted by molar-refractivity contribution is 7.99. The van der Waals surface area contributed by atoms with Crippen molar-refractivity contribution in [2.75, 3.05) is 0 Å². The molecule has 0 radical (unpaired) electrons. The van der Waals surface area contributed by atoms with E-state index in [0.717, 1.165) is 0 Å². The van der Waals surface area contributed by atoms with E-state index in [-0.39, 0.29) is 17.2 Å². The molecule has 0 saturated carbocycles. The fourth-order valence-electron chi connectivity index (χ4n) is 1.26. The van der Waals surface area contributed by atoms with Crippen molar-refractivity contribution in [3.8, 4) is 17.2 Å². The second-order valence-electron chi connectivity index (χ2n) is 3.19. The molecule has 82 valence electrons. The van der Waals surface area contributed by atoms with Gasteiger partial charge in [0.15, 0.2) is 11.5 Å². The molecule has 16 heavy (non-hydrogen) atoms. The first-order valence-electron chi connectivity index (χ1n) is 4.65. The van der Waals surface area contributed by atoms with Crippen molar-refractivity contribution in [2.24, 2.45) is 0 Å². The quantitative estimate of drug-likeness (QED) is 0.699. The lowest BCUT2D eigenvalue weighted by Crippen LogP contribution is -1.77. The third kappa shape index (κ3) is 2.06. The smallest absolute Gasteiger partial charge is 0.171 e. The third-order valence-electron chi connectivity index (χ3n) is 2.06. The molecule has 0 unspecified atom stereocenters. The number of aromatic hydroxyl groups is 3. The van der Waals surface area contributed by atoms with E-state index in [1.54, 1.807) is 36.4 Å². The van der Waals surface area contributed by atoms with Gasteiger partial charge in [-0.1, -0.05) is 30.0 Å². The van der Waals surface area contributed by atoms with Crippen LogP contribution in [-0.2, 0) is 0 Å². The van der Waals surface area contributed by atoms with Gasteiger partial charge in [-0.3, -0.25) is 0 Å².